The first-order valence-corrected chi connectivity index (χ1v) is 26.2. The molecule has 6 bridgehead atoms. The number of hydrazine groups is 1. The van der Waals surface area contributed by atoms with Gasteiger partial charge in [-0.05, 0) is 94.5 Å². The van der Waals surface area contributed by atoms with Crippen LogP contribution in [0.25, 0.3) is 33.4 Å². The Kier molecular flexibility index (Phi) is 14.5. The highest BCUT2D eigenvalue weighted by Crippen LogP contribution is 2.43. The average Bonchev–Trinajstić information content (AvgIpc) is 3.96. The molecule has 5 radical (unpaired) electrons. The molecule has 1 spiro atoms. The summed E-state index contributed by atoms with van der Waals surface area (Å²) in [4.78, 5) is 71.2. The number of urea groups is 1. The van der Waals surface area contributed by atoms with Crippen LogP contribution in [0.2, 0.25) is 5.54 Å². The second kappa shape index (κ2) is 19.9. The number of aryl methyl sites for hydroxylation is 1. The van der Waals surface area contributed by atoms with Crippen molar-refractivity contribution >= 4 is 66.0 Å². The highest BCUT2D eigenvalue weighted by molar-refractivity contribution is 7.10. The zero-order valence-corrected chi connectivity index (χ0v) is 43.0. The maximum Gasteiger partial charge on any atom is 0.320 e. The van der Waals surface area contributed by atoms with Gasteiger partial charge in [0.2, 0.25) is 5.91 Å². The van der Waals surface area contributed by atoms with Crippen molar-refractivity contribution in [2.75, 3.05) is 47.1 Å². The summed E-state index contributed by atoms with van der Waals surface area (Å²) in [5, 5.41) is 10.8. The number of amides is 4. The molecule has 8 rings (SSSR count). The molecule has 15 nitrogen and oxygen atoms in total. The van der Waals surface area contributed by atoms with Crippen molar-refractivity contribution in [3.8, 4) is 22.5 Å². The topological polar surface area (TPSA) is 160 Å². The highest BCUT2D eigenvalue weighted by atomic mass is 32.1. The Balaban J connectivity index is 1.17. The number of ether oxygens (including phenoxy) is 3. The molecule has 357 valence electrons. The molecule has 4 aromatic rings. The van der Waals surface area contributed by atoms with E-state index >= 15 is 0 Å². The lowest BCUT2D eigenvalue weighted by Gasteiger charge is -2.44. The third-order valence-corrected chi connectivity index (χ3v) is 16.8. The summed E-state index contributed by atoms with van der Waals surface area (Å²) >= 11 is 1.45. The van der Waals surface area contributed by atoms with E-state index in [2.05, 4.69) is 70.3 Å². The number of fused-ring (bicyclic) bond motifs is 7. The monoisotopic (exact) mass is 965 g/mol. The van der Waals surface area contributed by atoms with Crippen LogP contribution in [0.1, 0.15) is 96.3 Å². The highest BCUT2D eigenvalue weighted by Gasteiger charge is 2.47. The van der Waals surface area contributed by atoms with Gasteiger partial charge < -0.3 is 33.9 Å². The number of hydrogen-bond donors (Lipinski definition) is 2. The largest absolute Gasteiger partial charge is 0.465 e. The Morgan fingerprint density at radius 2 is 1.93 bits per heavy atom. The van der Waals surface area contributed by atoms with Gasteiger partial charge in [-0.25, -0.2) is 9.78 Å². The summed E-state index contributed by atoms with van der Waals surface area (Å²) < 4.78 is 20.1. The molecule has 4 aliphatic heterocycles. The van der Waals surface area contributed by atoms with Crippen LogP contribution in [0, 0.1) is 11.3 Å². The van der Waals surface area contributed by atoms with Gasteiger partial charge in [0.15, 0.2) is 9.68 Å². The lowest BCUT2D eigenvalue weighted by molar-refractivity contribution is -0.146. The van der Waals surface area contributed by atoms with E-state index in [9.17, 15) is 19.2 Å². The summed E-state index contributed by atoms with van der Waals surface area (Å²) in [5.41, 5.74) is 5.30. The summed E-state index contributed by atoms with van der Waals surface area (Å²) in [6.07, 6.45) is 6.97. The second-order valence-corrected chi connectivity index (χ2v) is 23.0. The van der Waals surface area contributed by atoms with Gasteiger partial charge >= 0.3 is 12.0 Å². The van der Waals surface area contributed by atoms with E-state index in [1.54, 1.807) is 30.3 Å². The predicted octanol–water partition coefficient (Wildman–Crippen LogP) is 6.24. The molecule has 4 amide bonds. The minimum Gasteiger partial charge on any atom is -0.465 e. The molecule has 18 heteroatoms. The first-order valence-electron chi connectivity index (χ1n) is 23.7. The van der Waals surface area contributed by atoms with Crippen molar-refractivity contribution in [2.24, 2.45) is 11.3 Å². The molecule has 67 heavy (non-hydrogen) atoms. The molecule has 4 atom stereocenters. The van der Waals surface area contributed by atoms with Crippen LogP contribution in [0.4, 0.5) is 4.79 Å². The van der Waals surface area contributed by atoms with Crippen LogP contribution in [0.5, 0.6) is 0 Å². The number of nitrogens with one attached hydrogen (secondary N) is 2. The van der Waals surface area contributed by atoms with E-state index in [4.69, 9.17) is 24.2 Å². The lowest BCUT2D eigenvalue weighted by atomic mass is 9.84. The number of benzene rings is 1. The number of likely N-dealkylation sites (N-methyl/N-ethyl adjacent to an activating group) is 1. The number of nitrogens with zero attached hydrogens (tertiary/aromatic N) is 6. The number of carbonyl (C=O) groups excluding carboxylic acids is 4. The summed E-state index contributed by atoms with van der Waals surface area (Å²) in [6, 6.07) is 8.40. The molecule has 0 saturated carbocycles. The fraction of sp³-hybridized carbons (Fsp3) is 0.592. The number of carbonyl (C=O) groups is 4. The number of likely N-dealkylation sites (tertiary alicyclic amines) is 1. The Hall–Kier alpha value is -4.47. The molecule has 4 aliphatic rings. The fourth-order valence-corrected chi connectivity index (χ4v) is 12.7. The molecule has 3 fully saturated rings. The van der Waals surface area contributed by atoms with Crippen molar-refractivity contribution in [3.63, 3.8) is 0 Å². The number of methoxy groups -OCH3 is 1. The van der Waals surface area contributed by atoms with Crippen LogP contribution in [0.15, 0.2) is 41.9 Å². The number of pyridine rings is 1. The van der Waals surface area contributed by atoms with Crippen molar-refractivity contribution in [1.29, 1.82) is 0 Å². The fourth-order valence-electron chi connectivity index (χ4n) is 10.5. The normalized spacial score (nSPS) is 22.5. The lowest BCUT2D eigenvalue weighted by Crippen LogP contribution is -2.61. The van der Waals surface area contributed by atoms with Gasteiger partial charge in [0.1, 0.15) is 12.1 Å². The Morgan fingerprint density at radius 3 is 2.66 bits per heavy atom. The van der Waals surface area contributed by atoms with Crippen LogP contribution < -0.4 is 10.4 Å². The molecule has 0 unspecified atom stereocenters. The molecule has 0 aliphatic carbocycles. The third-order valence-electron chi connectivity index (χ3n) is 14.2. The number of esters is 1. The van der Waals surface area contributed by atoms with E-state index < -0.39 is 34.2 Å². The summed E-state index contributed by atoms with van der Waals surface area (Å²) in [7, 11) is 7.10. The molecular formula is C49H65N8O7SSi2. The van der Waals surface area contributed by atoms with Crippen molar-refractivity contribution < 1.29 is 33.4 Å². The number of cyclic esters (lactones) is 1. The van der Waals surface area contributed by atoms with Crippen LogP contribution in [-0.4, -0.2) is 138 Å². The molecular weight excluding hydrogens is 901 g/mol. The van der Waals surface area contributed by atoms with Crippen LogP contribution >= 0.6 is 11.3 Å². The summed E-state index contributed by atoms with van der Waals surface area (Å²) in [5.74, 6) is -1.29. The molecule has 7 heterocycles. The zero-order valence-electron chi connectivity index (χ0n) is 40.2. The molecule has 1 aromatic carbocycles. The van der Waals surface area contributed by atoms with E-state index in [-0.39, 0.29) is 52.1 Å². The SMILES string of the molecule is CCn1c(-c2cccnc2[C@@](C)([Si])OC)c2c3cc(ccc31)-c1csc(n1)C[C@H](NC(=O)[C@H](C(C)C)N(C)C(=O)N1CCCC13CCOCC3)C(=O)N1CCC[C@H]([Si]N1)C(=O)OCC(C)(C)C2. The van der Waals surface area contributed by atoms with Gasteiger partial charge in [-0.2, -0.15) is 0 Å². The number of rotatable bonds is 8. The number of thiazole rings is 1. The molecule has 3 aromatic heterocycles. The Morgan fingerprint density at radius 1 is 1.15 bits per heavy atom. The van der Waals surface area contributed by atoms with E-state index in [0.29, 0.717) is 57.1 Å². The maximum absolute atomic E-state index is 14.7. The smallest absolute Gasteiger partial charge is 0.320 e. The number of aromatic nitrogens is 3. The number of hydrogen-bond acceptors (Lipinski definition) is 11. The van der Waals surface area contributed by atoms with Gasteiger partial charge in [0.25, 0.3) is 5.91 Å². The first-order chi connectivity index (χ1) is 32.0. The molecule has 3 saturated heterocycles. The third kappa shape index (κ3) is 9.89. The van der Waals surface area contributed by atoms with Gasteiger partial charge in [0, 0.05) is 98.0 Å². The average molecular weight is 966 g/mol. The minimum absolute atomic E-state index is 0.117. The van der Waals surface area contributed by atoms with E-state index in [1.165, 1.54) is 11.3 Å². The van der Waals surface area contributed by atoms with E-state index in [0.717, 1.165) is 70.4 Å². The van der Waals surface area contributed by atoms with Gasteiger partial charge in [-0.15, -0.1) is 11.3 Å². The minimum atomic E-state index is -1.01. The Labute approximate surface area is 404 Å². The van der Waals surface area contributed by atoms with Crippen LogP contribution in [0.3, 0.4) is 0 Å². The van der Waals surface area contributed by atoms with E-state index in [1.807, 2.05) is 37.1 Å². The molecule has 2 N–H and O–H groups in total. The van der Waals surface area contributed by atoms with Gasteiger partial charge in [0.05, 0.1) is 49.7 Å². The van der Waals surface area contributed by atoms with Crippen LogP contribution in [-0.2, 0) is 53.2 Å². The first kappa shape index (κ1) is 49.0. The van der Waals surface area contributed by atoms with Crippen molar-refractivity contribution in [3.05, 3.63) is 58.2 Å². The van der Waals surface area contributed by atoms with Crippen molar-refractivity contribution in [2.45, 2.75) is 128 Å². The summed E-state index contributed by atoms with van der Waals surface area (Å²) in [6.45, 7) is 15.2. The predicted molar refractivity (Wildman–Crippen MR) is 260 cm³/mol. The van der Waals surface area contributed by atoms with Crippen molar-refractivity contribution in [1.82, 2.24) is 39.8 Å². The standard InChI is InChI=1S/C49H65N8O7SSi2/c1-9-55-37-16-15-31-25-33(37)34(41(55)32-13-10-20-50-42(32)48(6,66)62-8)27-47(4,5)29-64-45(60)38-14-11-22-57(53-67-38)44(59)35(26-39-51-36(31)28-65-39)52-43(58)40(30(2)3)54(7)46(61)56-21-12-17-49(56)18-23-63-24-19-49/h10,13,15-16,20,25,28,30,35,38,40,53H,9,11-12,14,17-19,21-24,26-27,29H2,1-8H3,(H,52,58)/t35-,38-,40-,48+/m0/s1. The quantitative estimate of drug-likeness (QED) is 0.153. The maximum atomic E-state index is 14.7. The second-order valence-electron chi connectivity index (χ2n) is 19.9. The van der Waals surface area contributed by atoms with Gasteiger partial charge in [-0.1, -0.05) is 33.8 Å². The van der Waals surface area contributed by atoms with Gasteiger partial charge in [-0.3, -0.25) is 29.5 Å². The Bertz CT molecular complexity index is 2480. The zero-order chi connectivity index (χ0) is 47.8.